The van der Waals surface area contributed by atoms with Crippen molar-refractivity contribution in [1.29, 1.82) is 0 Å². The lowest BCUT2D eigenvalue weighted by molar-refractivity contribution is -0.116. The second kappa shape index (κ2) is 5.93. The summed E-state index contributed by atoms with van der Waals surface area (Å²) in [5.41, 5.74) is 9.37. The highest BCUT2D eigenvalue weighted by Gasteiger charge is 2.19. The molecule has 0 fully saturated rings. The van der Waals surface area contributed by atoms with Crippen LogP contribution < -0.4 is 16.4 Å². The summed E-state index contributed by atoms with van der Waals surface area (Å²) in [4.78, 5) is 11.4. The summed E-state index contributed by atoms with van der Waals surface area (Å²) in [5.74, 6) is 0.0307. The van der Waals surface area contributed by atoms with Crippen molar-refractivity contribution >= 4 is 23.0 Å². The third kappa shape index (κ3) is 4.36. The van der Waals surface area contributed by atoms with Gasteiger partial charge in [-0.05, 0) is 36.0 Å². The van der Waals surface area contributed by atoms with Gasteiger partial charge in [-0.1, -0.05) is 20.8 Å². The average molecular weight is 291 g/mol. The van der Waals surface area contributed by atoms with Gasteiger partial charge in [-0.25, -0.2) is 0 Å². The van der Waals surface area contributed by atoms with E-state index in [2.05, 4.69) is 31.4 Å². The van der Waals surface area contributed by atoms with E-state index in [9.17, 15) is 9.90 Å². The van der Waals surface area contributed by atoms with Gasteiger partial charge in [0, 0.05) is 18.7 Å². The van der Waals surface area contributed by atoms with E-state index in [4.69, 9.17) is 5.73 Å². The van der Waals surface area contributed by atoms with Crippen molar-refractivity contribution < 1.29 is 9.90 Å². The van der Waals surface area contributed by atoms with Gasteiger partial charge in [0.15, 0.2) is 0 Å². The Bertz CT molecular complexity index is 535. The number of benzene rings is 1. The Balaban J connectivity index is 2.03. The van der Waals surface area contributed by atoms with E-state index in [1.165, 1.54) is 0 Å². The van der Waals surface area contributed by atoms with Crippen molar-refractivity contribution in [1.82, 2.24) is 0 Å². The van der Waals surface area contributed by atoms with Crippen LogP contribution in [0.4, 0.5) is 17.1 Å². The lowest BCUT2D eigenvalue weighted by Gasteiger charge is -2.24. The van der Waals surface area contributed by atoms with Crippen LogP contribution in [0.3, 0.4) is 0 Å². The maximum absolute atomic E-state index is 11.4. The fraction of sp³-hybridized carbons (Fsp3) is 0.562. The minimum atomic E-state index is -0.417. The number of aliphatic hydroxyl groups is 1. The number of fused-ring (bicyclic) bond motifs is 1. The minimum Gasteiger partial charge on any atom is -0.397 e. The Morgan fingerprint density at radius 2 is 2.10 bits per heavy atom. The van der Waals surface area contributed by atoms with E-state index >= 15 is 0 Å². The summed E-state index contributed by atoms with van der Waals surface area (Å²) < 4.78 is 0. The van der Waals surface area contributed by atoms with Crippen LogP contribution in [0.2, 0.25) is 0 Å². The largest absolute Gasteiger partial charge is 0.397 e. The third-order valence-electron chi connectivity index (χ3n) is 3.55. The van der Waals surface area contributed by atoms with Crippen molar-refractivity contribution in [3.8, 4) is 0 Å². The number of hydrogen-bond donors (Lipinski definition) is 4. The fourth-order valence-electron chi connectivity index (χ4n) is 2.61. The molecule has 0 radical (unpaired) electrons. The first kappa shape index (κ1) is 15.6. The van der Waals surface area contributed by atoms with Crippen LogP contribution in [0.5, 0.6) is 0 Å². The number of aryl methyl sites for hydroxylation is 1. The molecule has 0 bridgehead atoms. The van der Waals surface area contributed by atoms with Crippen molar-refractivity contribution in [3.05, 3.63) is 17.7 Å². The number of amides is 1. The fourth-order valence-corrected chi connectivity index (χ4v) is 2.61. The summed E-state index contributed by atoms with van der Waals surface area (Å²) in [6.07, 6.45) is 1.53. The van der Waals surface area contributed by atoms with Gasteiger partial charge in [0.25, 0.3) is 0 Å². The van der Waals surface area contributed by atoms with Crippen molar-refractivity contribution in [2.75, 3.05) is 22.9 Å². The number of nitrogens with one attached hydrogen (secondary N) is 2. The summed E-state index contributed by atoms with van der Waals surface area (Å²) in [7, 11) is 0. The molecule has 0 aromatic heterocycles. The first-order valence-corrected chi connectivity index (χ1v) is 7.39. The first-order chi connectivity index (χ1) is 9.74. The molecule has 0 aliphatic carbocycles. The van der Waals surface area contributed by atoms with Gasteiger partial charge in [-0.15, -0.1) is 0 Å². The average Bonchev–Trinajstić information content (AvgIpc) is 2.34. The van der Waals surface area contributed by atoms with E-state index in [1.807, 2.05) is 6.07 Å². The van der Waals surface area contributed by atoms with Gasteiger partial charge in [0.05, 0.1) is 17.5 Å². The Morgan fingerprint density at radius 3 is 2.76 bits per heavy atom. The topological polar surface area (TPSA) is 87.4 Å². The summed E-state index contributed by atoms with van der Waals surface area (Å²) in [6, 6.07) is 3.75. The second-order valence-corrected chi connectivity index (χ2v) is 6.94. The SMILES string of the molecule is CC(C)(C)CC(O)CNc1cc2c(cc1N)NC(=O)CC2. The maximum atomic E-state index is 11.4. The second-order valence-electron chi connectivity index (χ2n) is 6.94. The predicted molar refractivity (Wildman–Crippen MR) is 86.4 cm³/mol. The molecule has 1 aromatic rings. The number of anilines is 3. The van der Waals surface area contributed by atoms with Crippen LogP contribution in [-0.4, -0.2) is 23.7 Å². The van der Waals surface area contributed by atoms with Gasteiger partial charge in [0.1, 0.15) is 0 Å². The molecule has 0 saturated heterocycles. The number of rotatable bonds is 4. The minimum absolute atomic E-state index is 0.0307. The van der Waals surface area contributed by atoms with Gasteiger partial charge in [-0.2, -0.15) is 0 Å². The number of aliphatic hydroxyl groups excluding tert-OH is 1. The van der Waals surface area contributed by atoms with Gasteiger partial charge >= 0.3 is 0 Å². The lowest BCUT2D eigenvalue weighted by atomic mass is 9.89. The standard InChI is InChI=1S/C16H25N3O2/c1-16(2,3)8-11(20)9-18-14-6-10-4-5-15(21)19-13(10)7-12(14)17/h6-7,11,18,20H,4-5,8-9,17H2,1-3H3,(H,19,21). The summed E-state index contributed by atoms with van der Waals surface area (Å²) >= 11 is 0. The zero-order chi connectivity index (χ0) is 15.6. The molecule has 5 heteroatoms. The molecular weight excluding hydrogens is 266 g/mol. The van der Waals surface area contributed by atoms with Crippen LogP contribution in [-0.2, 0) is 11.2 Å². The van der Waals surface area contributed by atoms with Gasteiger partial charge < -0.3 is 21.5 Å². The smallest absolute Gasteiger partial charge is 0.224 e. The molecule has 21 heavy (non-hydrogen) atoms. The third-order valence-corrected chi connectivity index (χ3v) is 3.55. The Kier molecular flexibility index (Phi) is 4.42. The van der Waals surface area contributed by atoms with E-state index in [0.29, 0.717) is 18.7 Å². The lowest BCUT2D eigenvalue weighted by Crippen LogP contribution is -2.25. The zero-order valence-electron chi connectivity index (χ0n) is 13.0. The molecule has 1 aliphatic rings. The molecule has 0 saturated carbocycles. The number of hydrogen-bond acceptors (Lipinski definition) is 4. The Labute approximate surface area is 125 Å². The van der Waals surface area contributed by atoms with Gasteiger partial charge in [0.2, 0.25) is 5.91 Å². The molecule has 116 valence electrons. The van der Waals surface area contributed by atoms with E-state index in [0.717, 1.165) is 29.8 Å². The number of carbonyl (C=O) groups excluding carboxylic acids is 1. The molecule has 0 spiro atoms. The van der Waals surface area contributed by atoms with Gasteiger partial charge in [-0.3, -0.25) is 4.79 Å². The number of nitrogens with two attached hydrogens (primary N) is 1. The maximum Gasteiger partial charge on any atom is 0.224 e. The quantitative estimate of drug-likeness (QED) is 0.641. The monoisotopic (exact) mass is 291 g/mol. The summed E-state index contributed by atoms with van der Waals surface area (Å²) in [5, 5.41) is 16.1. The summed E-state index contributed by atoms with van der Waals surface area (Å²) in [6.45, 7) is 6.77. The normalized spacial score (nSPS) is 16.1. The van der Waals surface area contributed by atoms with E-state index in [-0.39, 0.29) is 11.3 Å². The van der Waals surface area contributed by atoms with Crippen molar-refractivity contribution in [3.63, 3.8) is 0 Å². The van der Waals surface area contributed by atoms with Crippen LogP contribution in [0, 0.1) is 5.41 Å². The number of nitrogen functional groups attached to an aromatic ring is 1. The highest BCUT2D eigenvalue weighted by atomic mass is 16.3. The zero-order valence-corrected chi connectivity index (χ0v) is 13.0. The molecule has 1 aliphatic heterocycles. The molecule has 5 N–H and O–H groups in total. The Hall–Kier alpha value is -1.75. The molecule has 1 amide bonds. The molecule has 1 aromatic carbocycles. The van der Waals surface area contributed by atoms with E-state index in [1.54, 1.807) is 6.07 Å². The van der Waals surface area contributed by atoms with Crippen LogP contribution in [0.15, 0.2) is 12.1 Å². The van der Waals surface area contributed by atoms with Crippen LogP contribution >= 0.6 is 0 Å². The number of carbonyl (C=O) groups is 1. The van der Waals surface area contributed by atoms with Crippen LogP contribution in [0.1, 0.15) is 39.2 Å². The molecule has 1 unspecified atom stereocenters. The Morgan fingerprint density at radius 1 is 1.38 bits per heavy atom. The van der Waals surface area contributed by atoms with Crippen molar-refractivity contribution in [2.24, 2.45) is 5.41 Å². The molecular formula is C16H25N3O2. The van der Waals surface area contributed by atoms with Crippen LogP contribution in [0.25, 0.3) is 0 Å². The molecule has 2 rings (SSSR count). The van der Waals surface area contributed by atoms with E-state index < -0.39 is 6.10 Å². The van der Waals surface area contributed by atoms with Crippen molar-refractivity contribution in [2.45, 2.75) is 46.1 Å². The highest BCUT2D eigenvalue weighted by Crippen LogP contribution is 2.31. The molecule has 5 nitrogen and oxygen atoms in total. The predicted octanol–water partition coefficient (Wildman–Crippen LogP) is 2.36. The molecule has 1 heterocycles. The highest BCUT2D eigenvalue weighted by molar-refractivity contribution is 5.95. The molecule has 1 atom stereocenters. The first-order valence-electron chi connectivity index (χ1n) is 7.39.